The Morgan fingerprint density at radius 1 is 1.38 bits per heavy atom. The Morgan fingerprint density at radius 3 is 2.88 bits per heavy atom. The van der Waals surface area contributed by atoms with Crippen LogP contribution in [0.3, 0.4) is 0 Å². The minimum absolute atomic E-state index is 0.149. The molecule has 1 heterocycles. The van der Waals surface area contributed by atoms with Gasteiger partial charge in [-0.2, -0.15) is 0 Å². The molecule has 0 spiro atoms. The van der Waals surface area contributed by atoms with E-state index in [4.69, 9.17) is 5.11 Å². The number of halogens is 2. The van der Waals surface area contributed by atoms with Crippen molar-refractivity contribution >= 4 is 27.5 Å². The number of hydrogen-bond acceptors (Lipinski definition) is 3. The maximum Gasteiger partial charge on any atom is 0.250 e. The van der Waals surface area contributed by atoms with Gasteiger partial charge < -0.3 is 15.0 Å². The summed E-state index contributed by atoms with van der Waals surface area (Å²) >= 11 is 3.33. The number of benzene rings is 1. The van der Waals surface area contributed by atoms with Gasteiger partial charge in [-0.1, -0.05) is 22.0 Å². The molecule has 1 aliphatic carbocycles. The molecule has 1 aromatic heterocycles. The van der Waals surface area contributed by atoms with Crippen LogP contribution in [0, 0.1) is 11.7 Å². The molecule has 0 aliphatic heterocycles. The largest absolute Gasteiger partial charge is 0.395 e. The van der Waals surface area contributed by atoms with E-state index < -0.39 is 0 Å². The lowest BCUT2D eigenvalue weighted by Gasteiger charge is -2.09. The Morgan fingerprint density at radius 2 is 2.17 bits per heavy atom. The SMILES string of the molecule is O=C(Nc1ccc(=O)n(CCO)c1)[C@@H]1C[C@H]1c1c(F)cccc1Br. The molecule has 1 amide bonds. The molecule has 1 fully saturated rings. The molecular formula is C17H16BrFN2O3. The highest BCUT2D eigenvalue weighted by atomic mass is 79.9. The van der Waals surface area contributed by atoms with Gasteiger partial charge in [-0.05, 0) is 24.6 Å². The molecule has 0 unspecified atom stereocenters. The number of nitrogens with zero attached hydrogens (tertiary/aromatic N) is 1. The van der Waals surface area contributed by atoms with Crippen molar-refractivity contribution in [3.05, 3.63) is 62.7 Å². The fourth-order valence-electron chi connectivity index (χ4n) is 2.79. The van der Waals surface area contributed by atoms with E-state index in [0.29, 0.717) is 22.1 Å². The summed E-state index contributed by atoms with van der Waals surface area (Å²) in [6.45, 7) is 0.0000864. The van der Waals surface area contributed by atoms with Gasteiger partial charge in [-0.3, -0.25) is 9.59 Å². The summed E-state index contributed by atoms with van der Waals surface area (Å²) in [4.78, 5) is 23.9. The van der Waals surface area contributed by atoms with Crippen LogP contribution in [0.4, 0.5) is 10.1 Å². The minimum atomic E-state index is -0.318. The highest BCUT2D eigenvalue weighted by Gasteiger charge is 2.46. The standard InChI is InChI=1S/C17H16BrFN2O3/c18-13-2-1-3-14(19)16(13)11-8-12(11)17(24)20-10-4-5-15(23)21(9-10)6-7-22/h1-5,9,11-12,22H,6-8H2,(H,20,24)/t11-,12-/m1/s1. The molecule has 24 heavy (non-hydrogen) atoms. The molecule has 7 heteroatoms. The van der Waals surface area contributed by atoms with Gasteiger partial charge in [0.2, 0.25) is 5.91 Å². The number of rotatable bonds is 5. The minimum Gasteiger partial charge on any atom is -0.395 e. The molecule has 1 saturated carbocycles. The number of aliphatic hydroxyl groups is 1. The maximum atomic E-state index is 14.0. The third kappa shape index (κ3) is 3.42. The Labute approximate surface area is 146 Å². The highest BCUT2D eigenvalue weighted by molar-refractivity contribution is 9.10. The van der Waals surface area contributed by atoms with Gasteiger partial charge in [0.1, 0.15) is 5.82 Å². The first kappa shape index (κ1) is 16.9. The number of amides is 1. The van der Waals surface area contributed by atoms with Gasteiger partial charge in [-0.15, -0.1) is 0 Å². The molecular weight excluding hydrogens is 379 g/mol. The molecule has 0 radical (unpaired) electrons. The average Bonchev–Trinajstić information content (AvgIpc) is 3.31. The van der Waals surface area contributed by atoms with E-state index >= 15 is 0 Å². The van der Waals surface area contributed by atoms with Crippen LogP contribution >= 0.6 is 15.9 Å². The number of aromatic nitrogens is 1. The second kappa shape index (κ2) is 6.86. The Balaban J connectivity index is 1.71. The van der Waals surface area contributed by atoms with E-state index in [-0.39, 0.29) is 42.3 Å². The quantitative estimate of drug-likeness (QED) is 0.818. The summed E-state index contributed by atoms with van der Waals surface area (Å²) in [7, 11) is 0. The zero-order chi connectivity index (χ0) is 17.3. The maximum absolute atomic E-state index is 14.0. The summed E-state index contributed by atoms with van der Waals surface area (Å²) in [5.74, 6) is -0.967. The number of carbonyl (C=O) groups is 1. The van der Waals surface area contributed by atoms with Crippen LogP contribution in [0.2, 0.25) is 0 Å². The summed E-state index contributed by atoms with van der Waals surface area (Å²) in [6.07, 6.45) is 2.08. The monoisotopic (exact) mass is 394 g/mol. The van der Waals surface area contributed by atoms with Crippen molar-refractivity contribution in [1.29, 1.82) is 0 Å². The van der Waals surface area contributed by atoms with Gasteiger partial charge >= 0.3 is 0 Å². The van der Waals surface area contributed by atoms with E-state index in [0.717, 1.165) is 0 Å². The van der Waals surface area contributed by atoms with Crippen LogP contribution < -0.4 is 10.9 Å². The first-order valence-electron chi connectivity index (χ1n) is 7.57. The molecule has 5 nitrogen and oxygen atoms in total. The third-order valence-corrected chi connectivity index (χ3v) is 4.78. The molecule has 0 bridgehead atoms. The van der Waals surface area contributed by atoms with Crippen LogP contribution in [0.25, 0.3) is 0 Å². The van der Waals surface area contributed by atoms with Crippen molar-refractivity contribution in [3.63, 3.8) is 0 Å². The fraction of sp³-hybridized carbons (Fsp3) is 0.294. The van der Waals surface area contributed by atoms with E-state index in [1.165, 1.54) is 29.0 Å². The summed E-state index contributed by atoms with van der Waals surface area (Å²) in [5.41, 5.74) is 0.760. The Kier molecular flexibility index (Phi) is 4.82. The lowest BCUT2D eigenvalue weighted by molar-refractivity contribution is -0.117. The Bertz CT molecular complexity index is 817. The average molecular weight is 395 g/mol. The first-order valence-corrected chi connectivity index (χ1v) is 8.36. The lowest BCUT2D eigenvalue weighted by Crippen LogP contribution is -2.22. The Hall–Kier alpha value is -1.99. The van der Waals surface area contributed by atoms with Crippen molar-refractivity contribution in [2.45, 2.75) is 18.9 Å². The van der Waals surface area contributed by atoms with Crippen molar-refractivity contribution in [2.24, 2.45) is 5.92 Å². The lowest BCUT2D eigenvalue weighted by atomic mass is 10.1. The van der Waals surface area contributed by atoms with Crippen LogP contribution in [0.5, 0.6) is 0 Å². The van der Waals surface area contributed by atoms with Gasteiger partial charge in [0.15, 0.2) is 0 Å². The van der Waals surface area contributed by atoms with E-state index in [1.54, 1.807) is 12.1 Å². The number of nitrogens with one attached hydrogen (secondary N) is 1. The summed E-state index contributed by atoms with van der Waals surface area (Å²) in [5, 5.41) is 11.7. The van der Waals surface area contributed by atoms with Crippen molar-refractivity contribution < 1.29 is 14.3 Å². The first-order chi connectivity index (χ1) is 11.5. The predicted molar refractivity (Wildman–Crippen MR) is 91.4 cm³/mol. The van der Waals surface area contributed by atoms with Gasteiger partial charge in [0, 0.05) is 40.7 Å². The van der Waals surface area contributed by atoms with Crippen molar-refractivity contribution in [3.8, 4) is 0 Å². The molecule has 1 aromatic carbocycles. The molecule has 126 valence electrons. The number of carbonyl (C=O) groups excluding carboxylic acids is 1. The van der Waals surface area contributed by atoms with Crippen LogP contribution in [0.15, 0.2) is 45.8 Å². The van der Waals surface area contributed by atoms with Gasteiger partial charge in [-0.25, -0.2) is 4.39 Å². The summed E-state index contributed by atoms with van der Waals surface area (Å²) in [6, 6.07) is 7.62. The van der Waals surface area contributed by atoms with Crippen LogP contribution in [-0.2, 0) is 11.3 Å². The van der Waals surface area contributed by atoms with E-state index in [9.17, 15) is 14.0 Å². The van der Waals surface area contributed by atoms with Gasteiger partial charge in [0.25, 0.3) is 5.56 Å². The molecule has 2 aromatic rings. The second-order valence-electron chi connectivity index (χ2n) is 5.75. The number of aliphatic hydroxyl groups excluding tert-OH is 1. The number of hydrogen-bond donors (Lipinski definition) is 2. The zero-order valence-electron chi connectivity index (χ0n) is 12.7. The molecule has 0 saturated heterocycles. The van der Waals surface area contributed by atoms with Crippen molar-refractivity contribution in [1.82, 2.24) is 4.57 Å². The highest BCUT2D eigenvalue weighted by Crippen LogP contribution is 2.50. The fourth-order valence-corrected chi connectivity index (χ4v) is 3.43. The topological polar surface area (TPSA) is 71.3 Å². The smallest absolute Gasteiger partial charge is 0.250 e. The van der Waals surface area contributed by atoms with Crippen LogP contribution in [-0.4, -0.2) is 22.2 Å². The zero-order valence-corrected chi connectivity index (χ0v) is 14.3. The van der Waals surface area contributed by atoms with Crippen LogP contribution in [0.1, 0.15) is 17.9 Å². The molecule has 3 rings (SSSR count). The molecule has 2 atom stereocenters. The second-order valence-corrected chi connectivity index (χ2v) is 6.60. The van der Waals surface area contributed by atoms with E-state index in [2.05, 4.69) is 21.2 Å². The molecule has 1 aliphatic rings. The summed E-state index contributed by atoms with van der Waals surface area (Å²) < 4.78 is 16.0. The number of pyridine rings is 1. The normalized spacial score (nSPS) is 19.1. The molecule has 2 N–H and O–H groups in total. The van der Waals surface area contributed by atoms with E-state index in [1.807, 2.05) is 0 Å². The third-order valence-electron chi connectivity index (χ3n) is 4.09. The van der Waals surface area contributed by atoms with Gasteiger partial charge in [0.05, 0.1) is 12.3 Å². The number of anilines is 1. The van der Waals surface area contributed by atoms with Crippen molar-refractivity contribution in [2.75, 3.05) is 11.9 Å². The predicted octanol–water partition coefficient (Wildman–Crippen LogP) is 2.48.